The molecule has 0 radical (unpaired) electrons. The van der Waals surface area contributed by atoms with Crippen LogP contribution in [-0.4, -0.2) is 30.2 Å². The van der Waals surface area contributed by atoms with E-state index in [1.807, 2.05) is 0 Å². The summed E-state index contributed by atoms with van der Waals surface area (Å²) in [6.45, 7) is 0.801. The highest BCUT2D eigenvalue weighted by Gasteiger charge is 2.05. The van der Waals surface area contributed by atoms with E-state index in [0.29, 0.717) is 24.5 Å². The van der Waals surface area contributed by atoms with Gasteiger partial charge in [-0.2, -0.15) is 0 Å². The lowest BCUT2D eigenvalue weighted by Gasteiger charge is -2.09. The lowest BCUT2D eigenvalue weighted by molar-refractivity contribution is 0.0697. The molecule has 0 unspecified atom stereocenters. The van der Waals surface area contributed by atoms with Crippen molar-refractivity contribution >= 4 is 23.4 Å². The molecule has 0 saturated carbocycles. The molecule has 1 aromatic rings. The van der Waals surface area contributed by atoms with Crippen LogP contribution in [0.3, 0.4) is 0 Å². The first-order valence-electron chi connectivity index (χ1n) is 4.90. The number of primary amides is 1. The number of nitrogen functional groups attached to an aromatic ring is 1. The average Bonchev–Trinajstić information content (AvgIpc) is 2.25. The van der Waals surface area contributed by atoms with Crippen LogP contribution in [0.15, 0.2) is 18.2 Å². The number of hydrogen-bond acceptors (Lipinski definition) is 4. The second-order valence-corrected chi connectivity index (χ2v) is 3.32. The Balaban J connectivity index is 2.54. The first-order valence-corrected chi connectivity index (χ1v) is 4.90. The van der Waals surface area contributed by atoms with Crippen LogP contribution in [0.1, 0.15) is 10.4 Å². The third kappa shape index (κ3) is 3.90. The molecule has 0 saturated heterocycles. The quantitative estimate of drug-likeness (QED) is 0.365. The number of benzene rings is 1. The highest BCUT2D eigenvalue weighted by atomic mass is 16.4. The molecule has 7 heteroatoms. The molecule has 0 aliphatic rings. The van der Waals surface area contributed by atoms with Gasteiger partial charge in [0.2, 0.25) is 0 Å². The van der Waals surface area contributed by atoms with E-state index in [1.165, 1.54) is 12.1 Å². The predicted molar refractivity (Wildman–Crippen MR) is 63.9 cm³/mol. The summed E-state index contributed by atoms with van der Waals surface area (Å²) in [7, 11) is 0. The highest BCUT2D eigenvalue weighted by Crippen LogP contribution is 2.19. The molecule has 1 aromatic carbocycles. The Morgan fingerprint density at radius 3 is 2.53 bits per heavy atom. The maximum atomic E-state index is 10.7. The Labute approximate surface area is 97.8 Å². The molecule has 17 heavy (non-hydrogen) atoms. The molecule has 0 spiro atoms. The minimum Gasteiger partial charge on any atom is -0.478 e. The number of hydrogen-bond donors (Lipinski definition) is 5. The van der Waals surface area contributed by atoms with E-state index in [9.17, 15) is 9.59 Å². The number of nitrogens with one attached hydrogen (secondary N) is 2. The average molecular weight is 238 g/mol. The van der Waals surface area contributed by atoms with Gasteiger partial charge in [-0.05, 0) is 18.2 Å². The van der Waals surface area contributed by atoms with Crippen molar-refractivity contribution in [3.8, 4) is 0 Å². The maximum absolute atomic E-state index is 10.7. The predicted octanol–water partition coefficient (Wildman–Crippen LogP) is 0.0472. The van der Waals surface area contributed by atoms with Gasteiger partial charge in [0.05, 0.1) is 16.9 Å². The number of carboxylic acids is 1. The molecule has 1 rings (SSSR count). The Morgan fingerprint density at radius 1 is 1.29 bits per heavy atom. The van der Waals surface area contributed by atoms with Gasteiger partial charge >= 0.3 is 12.0 Å². The van der Waals surface area contributed by atoms with E-state index in [0.717, 1.165) is 0 Å². The number of urea groups is 1. The number of anilines is 2. The molecule has 0 aliphatic heterocycles. The van der Waals surface area contributed by atoms with E-state index >= 15 is 0 Å². The van der Waals surface area contributed by atoms with Crippen molar-refractivity contribution in [3.63, 3.8) is 0 Å². The van der Waals surface area contributed by atoms with Crippen LogP contribution in [0, 0.1) is 0 Å². The first-order chi connectivity index (χ1) is 8.00. The standard InChI is InChI=1S/C10H14N4O3/c11-7-5-6(9(15)16)1-2-8(7)13-3-4-14-10(12)17/h1-2,5,13H,3-4,11H2,(H,15,16)(H3,12,14,17). The van der Waals surface area contributed by atoms with E-state index in [2.05, 4.69) is 10.6 Å². The smallest absolute Gasteiger partial charge is 0.335 e. The number of amides is 2. The summed E-state index contributed by atoms with van der Waals surface area (Å²) in [6.07, 6.45) is 0. The zero-order valence-corrected chi connectivity index (χ0v) is 9.06. The summed E-state index contributed by atoms with van der Waals surface area (Å²) in [4.78, 5) is 21.1. The molecule has 0 fully saturated rings. The van der Waals surface area contributed by atoms with Crippen LogP contribution in [-0.2, 0) is 0 Å². The summed E-state index contributed by atoms with van der Waals surface area (Å²) in [5.41, 5.74) is 11.6. The number of carbonyl (C=O) groups is 2. The van der Waals surface area contributed by atoms with Crippen molar-refractivity contribution < 1.29 is 14.7 Å². The Hall–Kier alpha value is -2.44. The zero-order chi connectivity index (χ0) is 12.8. The molecule has 0 heterocycles. The number of carboxylic acid groups (broad SMARTS) is 1. The van der Waals surface area contributed by atoms with Gasteiger partial charge in [0.1, 0.15) is 0 Å². The molecule has 0 atom stereocenters. The minimum absolute atomic E-state index is 0.128. The zero-order valence-electron chi connectivity index (χ0n) is 9.06. The fourth-order valence-corrected chi connectivity index (χ4v) is 1.24. The van der Waals surface area contributed by atoms with Crippen LogP contribution in [0.5, 0.6) is 0 Å². The monoisotopic (exact) mass is 238 g/mol. The Kier molecular flexibility index (Phi) is 4.15. The van der Waals surface area contributed by atoms with Crippen molar-refractivity contribution in [3.05, 3.63) is 23.8 Å². The van der Waals surface area contributed by atoms with Crippen molar-refractivity contribution in [2.24, 2.45) is 5.73 Å². The summed E-state index contributed by atoms with van der Waals surface area (Å²) in [5, 5.41) is 14.1. The highest BCUT2D eigenvalue weighted by molar-refractivity contribution is 5.90. The SMILES string of the molecule is NC(=O)NCCNc1ccc(C(=O)O)cc1N. The van der Waals surface area contributed by atoms with Gasteiger partial charge in [0.25, 0.3) is 0 Å². The van der Waals surface area contributed by atoms with Gasteiger partial charge < -0.3 is 27.2 Å². The third-order valence-corrected chi connectivity index (χ3v) is 2.04. The van der Waals surface area contributed by atoms with Crippen LogP contribution in [0.2, 0.25) is 0 Å². The third-order valence-electron chi connectivity index (χ3n) is 2.04. The van der Waals surface area contributed by atoms with Gasteiger partial charge in [-0.3, -0.25) is 0 Å². The van der Waals surface area contributed by atoms with Crippen LogP contribution in [0.25, 0.3) is 0 Å². The minimum atomic E-state index is -1.03. The number of aromatic carboxylic acids is 1. The largest absolute Gasteiger partial charge is 0.478 e. The Morgan fingerprint density at radius 2 is 2.00 bits per heavy atom. The van der Waals surface area contributed by atoms with Crippen molar-refractivity contribution in [1.82, 2.24) is 5.32 Å². The number of carbonyl (C=O) groups excluding carboxylic acids is 1. The number of nitrogens with two attached hydrogens (primary N) is 2. The van der Waals surface area contributed by atoms with E-state index in [-0.39, 0.29) is 5.56 Å². The van der Waals surface area contributed by atoms with Crippen LogP contribution < -0.4 is 22.1 Å². The second kappa shape index (κ2) is 5.59. The molecule has 7 N–H and O–H groups in total. The van der Waals surface area contributed by atoms with Gasteiger partial charge in [-0.1, -0.05) is 0 Å². The lowest BCUT2D eigenvalue weighted by Crippen LogP contribution is -2.33. The van der Waals surface area contributed by atoms with E-state index < -0.39 is 12.0 Å². The normalized spacial score (nSPS) is 9.65. The summed E-state index contributed by atoms with van der Waals surface area (Å²) in [5.74, 6) is -1.03. The molecule has 0 aliphatic carbocycles. The maximum Gasteiger partial charge on any atom is 0.335 e. The molecule has 0 aromatic heterocycles. The molecule has 0 bridgehead atoms. The first kappa shape index (κ1) is 12.6. The van der Waals surface area contributed by atoms with Gasteiger partial charge in [-0.25, -0.2) is 9.59 Å². The fourth-order valence-electron chi connectivity index (χ4n) is 1.24. The van der Waals surface area contributed by atoms with Crippen molar-refractivity contribution in [2.45, 2.75) is 0 Å². The fraction of sp³-hybridized carbons (Fsp3) is 0.200. The molecular weight excluding hydrogens is 224 g/mol. The Bertz CT molecular complexity index is 434. The molecule has 92 valence electrons. The van der Waals surface area contributed by atoms with E-state index in [4.69, 9.17) is 16.6 Å². The van der Waals surface area contributed by atoms with E-state index in [1.54, 1.807) is 6.07 Å². The van der Waals surface area contributed by atoms with Crippen molar-refractivity contribution in [1.29, 1.82) is 0 Å². The van der Waals surface area contributed by atoms with Crippen LogP contribution in [0.4, 0.5) is 16.2 Å². The van der Waals surface area contributed by atoms with Crippen molar-refractivity contribution in [2.75, 3.05) is 24.1 Å². The molecular formula is C10H14N4O3. The molecule has 7 nitrogen and oxygen atoms in total. The number of rotatable bonds is 5. The summed E-state index contributed by atoms with van der Waals surface area (Å²) < 4.78 is 0. The summed E-state index contributed by atoms with van der Waals surface area (Å²) in [6, 6.07) is 3.79. The van der Waals surface area contributed by atoms with Crippen LogP contribution >= 0.6 is 0 Å². The molecule has 2 amide bonds. The lowest BCUT2D eigenvalue weighted by atomic mass is 10.2. The van der Waals surface area contributed by atoms with Gasteiger partial charge in [-0.15, -0.1) is 0 Å². The summed E-state index contributed by atoms with van der Waals surface area (Å²) >= 11 is 0. The van der Waals surface area contributed by atoms with Gasteiger partial charge in [0, 0.05) is 13.1 Å². The second-order valence-electron chi connectivity index (χ2n) is 3.32. The topological polar surface area (TPSA) is 130 Å². The van der Waals surface area contributed by atoms with Gasteiger partial charge in [0.15, 0.2) is 0 Å².